The second-order valence-electron chi connectivity index (χ2n) is 4.69. The predicted molar refractivity (Wildman–Crippen MR) is 87.1 cm³/mol. The van der Waals surface area contributed by atoms with Crippen molar-refractivity contribution in [2.45, 2.75) is 12.5 Å². The number of hydrogen-bond donors (Lipinski definition) is 0. The predicted octanol–water partition coefficient (Wildman–Crippen LogP) is 5.21. The van der Waals surface area contributed by atoms with E-state index in [1.54, 1.807) is 6.20 Å². The Balaban J connectivity index is 1.91. The quantitative estimate of drug-likeness (QED) is 0.616. The zero-order chi connectivity index (χ0) is 14.7. The van der Waals surface area contributed by atoms with Gasteiger partial charge in [-0.2, -0.15) is 0 Å². The number of pyridine rings is 1. The van der Waals surface area contributed by atoms with E-state index in [1.807, 2.05) is 48.5 Å². The third-order valence-corrected chi connectivity index (χ3v) is 3.77. The molecule has 0 aliphatic rings. The largest absolute Gasteiger partial charge is 0.472 e. The van der Waals surface area contributed by atoms with Crippen molar-refractivity contribution >= 4 is 34.0 Å². The minimum atomic E-state index is 0.428. The Morgan fingerprint density at radius 2 is 1.81 bits per heavy atom. The average molecular weight is 318 g/mol. The topological polar surface area (TPSA) is 22.1 Å². The second kappa shape index (κ2) is 6.33. The van der Waals surface area contributed by atoms with Crippen LogP contribution in [0.4, 0.5) is 0 Å². The van der Waals surface area contributed by atoms with Crippen LogP contribution in [0.1, 0.15) is 11.1 Å². The Bertz CT molecular complexity index is 774. The summed E-state index contributed by atoms with van der Waals surface area (Å²) in [4.78, 5) is 4.38. The highest BCUT2D eigenvalue weighted by atomic mass is 35.5. The fourth-order valence-corrected chi connectivity index (χ4v) is 2.65. The molecule has 21 heavy (non-hydrogen) atoms. The van der Waals surface area contributed by atoms with E-state index >= 15 is 0 Å². The smallest absolute Gasteiger partial charge is 0.221 e. The zero-order valence-corrected chi connectivity index (χ0v) is 12.7. The van der Waals surface area contributed by atoms with Crippen LogP contribution in [-0.2, 0) is 12.5 Å². The fourth-order valence-electron chi connectivity index (χ4n) is 2.23. The summed E-state index contributed by atoms with van der Waals surface area (Å²) in [5, 5.41) is 2.74. The lowest BCUT2D eigenvalue weighted by atomic mass is 10.1. The Labute approximate surface area is 133 Å². The van der Waals surface area contributed by atoms with Gasteiger partial charge in [-0.3, -0.25) is 0 Å². The van der Waals surface area contributed by atoms with Gasteiger partial charge in [0.25, 0.3) is 0 Å². The maximum atomic E-state index is 5.98. The van der Waals surface area contributed by atoms with E-state index in [1.165, 1.54) is 0 Å². The maximum absolute atomic E-state index is 5.98. The van der Waals surface area contributed by atoms with Crippen LogP contribution in [0.2, 0.25) is 5.02 Å². The van der Waals surface area contributed by atoms with E-state index < -0.39 is 0 Å². The lowest BCUT2D eigenvalue weighted by Crippen LogP contribution is -1.99. The molecule has 4 heteroatoms. The Hall–Kier alpha value is -1.77. The Kier molecular flexibility index (Phi) is 4.28. The highest BCUT2D eigenvalue weighted by Gasteiger charge is 2.08. The van der Waals surface area contributed by atoms with Crippen LogP contribution in [0, 0.1) is 0 Å². The Morgan fingerprint density at radius 3 is 2.57 bits per heavy atom. The molecule has 0 aliphatic heterocycles. The van der Waals surface area contributed by atoms with E-state index in [0.717, 1.165) is 21.9 Å². The molecule has 2 aromatic carbocycles. The van der Waals surface area contributed by atoms with Crippen LogP contribution in [0.15, 0.2) is 54.7 Å². The molecule has 1 heterocycles. The van der Waals surface area contributed by atoms with E-state index in [2.05, 4.69) is 4.98 Å². The van der Waals surface area contributed by atoms with E-state index in [0.29, 0.717) is 23.4 Å². The van der Waals surface area contributed by atoms with Gasteiger partial charge in [-0.1, -0.05) is 41.9 Å². The van der Waals surface area contributed by atoms with Crippen LogP contribution in [0.5, 0.6) is 5.88 Å². The number of hydrogen-bond acceptors (Lipinski definition) is 2. The Morgan fingerprint density at radius 1 is 1.00 bits per heavy atom. The first-order valence-electron chi connectivity index (χ1n) is 6.58. The highest BCUT2D eigenvalue weighted by molar-refractivity contribution is 6.30. The summed E-state index contributed by atoms with van der Waals surface area (Å²) >= 11 is 11.9. The van der Waals surface area contributed by atoms with Gasteiger partial charge >= 0.3 is 0 Å². The first-order chi connectivity index (χ1) is 10.3. The normalized spacial score (nSPS) is 10.8. The van der Waals surface area contributed by atoms with Crippen LogP contribution in [-0.4, -0.2) is 4.98 Å². The van der Waals surface area contributed by atoms with Gasteiger partial charge < -0.3 is 4.74 Å². The molecular weight excluding hydrogens is 305 g/mol. The SMILES string of the molecule is ClCc1cnc(OCc2cccc(Cl)c2)c2ccccc12. The second-order valence-corrected chi connectivity index (χ2v) is 5.39. The molecule has 0 atom stereocenters. The number of halogens is 2. The third kappa shape index (κ3) is 3.12. The maximum Gasteiger partial charge on any atom is 0.221 e. The summed E-state index contributed by atoms with van der Waals surface area (Å²) in [6.45, 7) is 0.428. The van der Waals surface area contributed by atoms with Crippen molar-refractivity contribution in [3.05, 3.63) is 70.9 Å². The molecule has 0 unspecified atom stereocenters. The summed E-state index contributed by atoms with van der Waals surface area (Å²) in [6, 6.07) is 15.6. The highest BCUT2D eigenvalue weighted by Crippen LogP contribution is 2.27. The van der Waals surface area contributed by atoms with Crippen LogP contribution >= 0.6 is 23.2 Å². The molecule has 0 saturated heterocycles. The van der Waals surface area contributed by atoms with Crippen LogP contribution < -0.4 is 4.74 Å². The van der Waals surface area contributed by atoms with Crippen molar-refractivity contribution < 1.29 is 4.74 Å². The van der Waals surface area contributed by atoms with Gasteiger partial charge in [-0.15, -0.1) is 11.6 Å². The molecule has 1 aromatic heterocycles. The first-order valence-corrected chi connectivity index (χ1v) is 7.49. The molecule has 0 radical (unpaired) electrons. The number of nitrogens with zero attached hydrogens (tertiary/aromatic N) is 1. The summed E-state index contributed by atoms with van der Waals surface area (Å²) in [5.41, 5.74) is 2.01. The standard InChI is InChI=1S/C17H13Cl2NO/c18-9-13-10-20-17(16-7-2-1-6-15(13)16)21-11-12-4-3-5-14(19)8-12/h1-8,10H,9,11H2. The third-order valence-electron chi connectivity index (χ3n) is 3.25. The van der Waals surface area contributed by atoms with Gasteiger partial charge in [0.05, 0.1) is 0 Å². The van der Waals surface area contributed by atoms with Crippen molar-refractivity contribution in [2.75, 3.05) is 0 Å². The molecule has 0 fully saturated rings. The molecule has 0 aliphatic carbocycles. The van der Waals surface area contributed by atoms with Gasteiger partial charge in [-0.25, -0.2) is 4.98 Å². The van der Waals surface area contributed by atoms with E-state index in [9.17, 15) is 0 Å². The summed E-state index contributed by atoms with van der Waals surface area (Å²) in [6.07, 6.45) is 1.77. The molecule has 0 amide bonds. The first kappa shape index (κ1) is 14.2. The molecule has 0 saturated carbocycles. The minimum absolute atomic E-state index is 0.428. The molecular formula is C17H13Cl2NO. The number of ether oxygens (including phenoxy) is 1. The van der Waals surface area contributed by atoms with Gasteiger partial charge in [0.15, 0.2) is 0 Å². The molecule has 106 valence electrons. The fraction of sp³-hybridized carbons (Fsp3) is 0.118. The molecule has 2 nitrogen and oxygen atoms in total. The lowest BCUT2D eigenvalue weighted by molar-refractivity contribution is 0.298. The van der Waals surface area contributed by atoms with Crippen molar-refractivity contribution in [3.63, 3.8) is 0 Å². The van der Waals surface area contributed by atoms with Gasteiger partial charge in [0.2, 0.25) is 5.88 Å². The van der Waals surface area contributed by atoms with Crippen LogP contribution in [0.3, 0.4) is 0 Å². The van der Waals surface area contributed by atoms with E-state index in [4.69, 9.17) is 27.9 Å². The van der Waals surface area contributed by atoms with Crippen molar-refractivity contribution in [3.8, 4) is 5.88 Å². The minimum Gasteiger partial charge on any atom is -0.472 e. The van der Waals surface area contributed by atoms with Crippen molar-refractivity contribution in [2.24, 2.45) is 0 Å². The average Bonchev–Trinajstić information content (AvgIpc) is 2.52. The molecule has 0 N–H and O–H groups in total. The van der Waals surface area contributed by atoms with Gasteiger partial charge in [-0.05, 0) is 34.7 Å². The number of benzene rings is 2. The van der Waals surface area contributed by atoms with Gasteiger partial charge in [0, 0.05) is 22.5 Å². The molecule has 3 rings (SSSR count). The molecule has 0 bridgehead atoms. The summed E-state index contributed by atoms with van der Waals surface area (Å²) in [5.74, 6) is 1.04. The van der Waals surface area contributed by atoms with Crippen LogP contribution in [0.25, 0.3) is 10.8 Å². The van der Waals surface area contributed by atoms with Gasteiger partial charge in [0.1, 0.15) is 6.61 Å². The molecule has 3 aromatic rings. The summed E-state index contributed by atoms with van der Waals surface area (Å²) < 4.78 is 5.85. The zero-order valence-electron chi connectivity index (χ0n) is 11.2. The summed E-state index contributed by atoms with van der Waals surface area (Å²) in [7, 11) is 0. The number of fused-ring (bicyclic) bond motifs is 1. The van der Waals surface area contributed by atoms with Crippen molar-refractivity contribution in [1.82, 2.24) is 4.98 Å². The monoisotopic (exact) mass is 317 g/mol. The lowest BCUT2D eigenvalue weighted by Gasteiger charge is -2.10. The van der Waals surface area contributed by atoms with E-state index in [-0.39, 0.29) is 0 Å². The number of alkyl halides is 1. The van der Waals surface area contributed by atoms with Crippen molar-refractivity contribution in [1.29, 1.82) is 0 Å². The molecule has 0 spiro atoms. The number of rotatable bonds is 4. The number of aromatic nitrogens is 1.